The molecule has 3 nitrogen and oxygen atoms in total. The van der Waals surface area contributed by atoms with Crippen molar-refractivity contribution in [3.8, 4) is 0 Å². The molecule has 1 aromatic rings. The lowest BCUT2D eigenvalue weighted by atomic mass is 9.83. The fourth-order valence-electron chi connectivity index (χ4n) is 1.73. The molecule has 0 amide bonds. The Balaban J connectivity index is 2.34. The summed E-state index contributed by atoms with van der Waals surface area (Å²) in [5.41, 5.74) is 0.700. The van der Waals surface area contributed by atoms with E-state index < -0.39 is 8.60 Å². The minimum atomic E-state index is -1.78. The highest BCUT2D eigenvalue weighted by molar-refractivity contribution is 7.40. The van der Waals surface area contributed by atoms with Gasteiger partial charge in [-0.2, -0.15) is 0 Å². The highest BCUT2D eigenvalue weighted by Crippen LogP contribution is 2.53. The van der Waals surface area contributed by atoms with Crippen LogP contribution < -0.4 is 0 Å². The first-order valence-electron chi connectivity index (χ1n) is 5.04. The largest absolute Gasteiger partial charge is 0.330 e. The van der Waals surface area contributed by atoms with Gasteiger partial charge in [0.05, 0.1) is 6.61 Å². The van der Waals surface area contributed by atoms with Gasteiger partial charge in [-0.25, -0.2) is 0 Å². The molecule has 1 N–H and O–H groups in total. The van der Waals surface area contributed by atoms with E-state index in [-0.39, 0.29) is 11.5 Å². The number of rotatable bonds is 1. The maximum atomic E-state index is 9.44. The monoisotopic (exact) mass is 260 g/mol. The van der Waals surface area contributed by atoms with Crippen molar-refractivity contribution in [2.24, 2.45) is 5.41 Å². The van der Waals surface area contributed by atoms with Crippen molar-refractivity contribution in [2.45, 2.75) is 20.0 Å². The smallest absolute Gasteiger partial charge is 0.328 e. The topological polar surface area (TPSA) is 38.7 Å². The van der Waals surface area contributed by atoms with Crippen LogP contribution in [0.5, 0.6) is 0 Å². The number of hydrogen-bond acceptors (Lipinski definition) is 3. The number of hydrogen-bond donors (Lipinski definition) is 1. The predicted octanol–water partition coefficient (Wildman–Crippen LogP) is 3.67. The van der Waals surface area contributed by atoms with Gasteiger partial charge in [-0.3, -0.25) is 0 Å². The van der Waals surface area contributed by atoms with Crippen LogP contribution in [0.25, 0.3) is 0 Å². The van der Waals surface area contributed by atoms with E-state index in [1.807, 2.05) is 38.1 Å². The average Bonchev–Trinajstić information content (AvgIpc) is 2.23. The third kappa shape index (κ3) is 2.39. The van der Waals surface area contributed by atoms with E-state index in [2.05, 4.69) is 0 Å². The van der Waals surface area contributed by atoms with Gasteiger partial charge in [-0.15, -0.1) is 0 Å². The van der Waals surface area contributed by atoms with Gasteiger partial charge >= 0.3 is 8.60 Å². The van der Waals surface area contributed by atoms with Gasteiger partial charge in [0.2, 0.25) is 0 Å². The van der Waals surface area contributed by atoms with E-state index in [9.17, 15) is 4.89 Å². The number of benzene rings is 1. The zero-order valence-electron chi connectivity index (χ0n) is 9.18. The minimum Gasteiger partial charge on any atom is -0.328 e. The molecule has 1 fully saturated rings. The Morgan fingerprint density at radius 2 is 2.12 bits per heavy atom. The van der Waals surface area contributed by atoms with Crippen molar-refractivity contribution in [1.82, 2.24) is 0 Å². The second-order valence-corrected chi connectivity index (χ2v) is 5.86. The van der Waals surface area contributed by atoms with E-state index in [0.717, 1.165) is 5.56 Å². The molecule has 0 saturated carbocycles. The normalized spacial score (nSPS) is 29.0. The zero-order valence-corrected chi connectivity index (χ0v) is 10.8. The molecule has 1 heterocycles. The molecule has 1 aliphatic heterocycles. The summed E-state index contributed by atoms with van der Waals surface area (Å²) < 4.78 is 10.6. The Labute approximate surface area is 101 Å². The molecule has 5 heteroatoms. The molecule has 1 aromatic carbocycles. The van der Waals surface area contributed by atoms with Crippen LogP contribution in [0.2, 0.25) is 5.02 Å². The van der Waals surface area contributed by atoms with Crippen LogP contribution in [-0.2, 0) is 9.05 Å². The first-order chi connectivity index (χ1) is 7.50. The van der Waals surface area contributed by atoms with Crippen LogP contribution in [-0.4, -0.2) is 11.5 Å². The third-order valence-electron chi connectivity index (χ3n) is 2.64. The Bertz CT molecular complexity index is 383. The van der Waals surface area contributed by atoms with Crippen molar-refractivity contribution < 1.29 is 13.9 Å². The van der Waals surface area contributed by atoms with Gasteiger partial charge in [-0.05, 0) is 6.07 Å². The summed E-state index contributed by atoms with van der Waals surface area (Å²) in [6.07, 6.45) is -0.230. The van der Waals surface area contributed by atoms with Gasteiger partial charge in [-0.1, -0.05) is 43.6 Å². The molecule has 0 aromatic heterocycles. The Kier molecular flexibility index (Phi) is 3.53. The second-order valence-electron chi connectivity index (χ2n) is 4.51. The molecule has 0 aliphatic carbocycles. The Morgan fingerprint density at radius 1 is 1.44 bits per heavy atom. The van der Waals surface area contributed by atoms with Gasteiger partial charge in [0.25, 0.3) is 0 Å². The van der Waals surface area contributed by atoms with Crippen molar-refractivity contribution in [1.29, 1.82) is 0 Å². The van der Waals surface area contributed by atoms with Gasteiger partial charge in [0.1, 0.15) is 6.10 Å². The molecule has 0 spiro atoms. The highest BCUT2D eigenvalue weighted by Gasteiger charge is 2.40. The summed E-state index contributed by atoms with van der Waals surface area (Å²) in [5, 5.41) is 0.658. The molecule has 0 radical (unpaired) electrons. The molecular weight excluding hydrogens is 247 g/mol. The molecule has 88 valence electrons. The van der Waals surface area contributed by atoms with E-state index in [4.69, 9.17) is 20.6 Å². The van der Waals surface area contributed by atoms with Crippen LogP contribution in [0, 0.1) is 5.41 Å². The van der Waals surface area contributed by atoms with Crippen molar-refractivity contribution in [3.63, 3.8) is 0 Å². The quantitative estimate of drug-likeness (QED) is 0.783. The van der Waals surface area contributed by atoms with Crippen molar-refractivity contribution in [2.75, 3.05) is 6.61 Å². The lowest BCUT2D eigenvalue weighted by Crippen LogP contribution is -2.32. The van der Waals surface area contributed by atoms with Crippen LogP contribution in [0.3, 0.4) is 0 Å². The van der Waals surface area contributed by atoms with E-state index in [1.165, 1.54) is 0 Å². The highest BCUT2D eigenvalue weighted by atomic mass is 35.5. The van der Waals surface area contributed by atoms with Gasteiger partial charge in [0, 0.05) is 16.0 Å². The van der Waals surface area contributed by atoms with E-state index in [0.29, 0.717) is 11.6 Å². The summed E-state index contributed by atoms with van der Waals surface area (Å²) >= 11 is 6.14. The molecule has 2 atom stereocenters. The van der Waals surface area contributed by atoms with Crippen LogP contribution in [0.1, 0.15) is 25.5 Å². The molecule has 0 bridgehead atoms. The average molecular weight is 261 g/mol. The van der Waals surface area contributed by atoms with Crippen molar-refractivity contribution >= 4 is 20.2 Å². The van der Waals surface area contributed by atoms with Gasteiger partial charge in [0.15, 0.2) is 0 Å². The summed E-state index contributed by atoms with van der Waals surface area (Å²) in [4.78, 5) is 9.44. The standard InChI is InChI=1S/C11H14ClO3P/c1-11(2)7-14-16(13)15-10(11)8-5-3-4-6-9(8)12/h3-6,10,13H,7H2,1-2H3. The van der Waals surface area contributed by atoms with Crippen molar-refractivity contribution in [3.05, 3.63) is 34.9 Å². The Morgan fingerprint density at radius 3 is 2.81 bits per heavy atom. The molecule has 1 aliphatic rings. The maximum Gasteiger partial charge on any atom is 0.330 e. The summed E-state index contributed by atoms with van der Waals surface area (Å²) in [6, 6.07) is 7.53. The SMILES string of the molecule is CC1(C)COP(O)OC1c1ccccc1Cl. The van der Waals surface area contributed by atoms with Crippen LogP contribution in [0.4, 0.5) is 0 Å². The van der Waals surface area contributed by atoms with Crippen LogP contribution in [0.15, 0.2) is 24.3 Å². The minimum absolute atomic E-state index is 0.202. The lowest BCUT2D eigenvalue weighted by Gasteiger charge is -2.39. The zero-order chi connectivity index (χ0) is 11.8. The second kappa shape index (κ2) is 4.59. The summed E-state index contributed by atoms with van der Waals surface area (Å²) in [5.74, 6) is 0. The molecule has 2 unspecified atom stereocenters. The Hall–Kier alpha value is -0.180. The van der Waals surface area contributed by atoms with E-state index in [1.54, 1.807) is 0 Å². The third-order valence-corrected chi connectivity index (χ3v) is 3.73. The molecule has 2 rings (SSSR count). The first kappa shape index (κ1) is 12.3. The number of halogens is 1. The van der Waals surface area contributed by atoms with Crippen LogP contribution >= 0.6 is 20.2 Å². The molecule has 16 heavy (non-hydrogen) atoms. The summed E-state index contributed by atoms with van der Waals surface area (Å²) in [6.45, 7) is 4.53. The first-order valence-corrected chi connectivity index (χ1v) is 6.55. The predicted molar refractivity (Wildman–Crippen MR) is 64.1 cm³/mol. The molecule has 1 saturated heterocycles. The fraction of sp³-hybridized carbons (Fsp3) is 0.455. The molecular formula is C11H14ClO3P. The van der Waals surface area contributed by atoms with E-state index >= 15 is 0 Å². The summed E-state index contributed by atoms with van der Waals surface area (Å²) in [7, 11) is -1.78. The van der Waals surface area contributed by atoms with Gasteiger partial charge < -0.3 is 13.9 Å². The maximum absolute atomic E-state index is 9.44. The lowest BCUT2D eigenvalue weighted by molar-refractivity contribution is -0.0276. The fourth-order valence-corrected chi connectivity index (χ4v) is 3.04.